The summed E-state index contributed by atoms with van der Waals surface area (Å²) in [6.45, 7) is 5.40. The number of nitro benzene ring substituents is 1. The van der Waals surface area contributed by atoms with Crippen molar-refractivity contribution in [3.8, 4) is 5.75 Å². The number of nitrogens with one attached hydrogen (secondary N) is 1. The van der Waals surface area contributed by atoms with E-state index in [0.29, 0.717) is 18.8 Å². The Morgan fingerprint density at radius 2 is 1.97 bits per heavy atom. The Kier molecular flexibility index (Phi) is 7.01. The van der Waals surface area contributed by atoms with Crippen molar-refractivity contribution in [2.45, 2.75) is 27.3 Å². The molecule has 0 saturated heterocycles. The number of ether oxygens (including phenoxy) is 2. The number of rotatable bonds is 8. The lowest BCUT2D eigenvalue weighted by Gasteiger charge is -2.11. The molecule has 33 heavy (non-hydrogen) atoms. The number of carbonyl (C=O) groups is 2. The molecule has 1 amide bonds. The number of carbonyl (C=O) groups excluding carboxylic acids is 2. The lowest BCUT2D eigenvalue weighted by Crippen LogP contribution is -2.25. The maximum Gasteiger partial charge on any atom is 0.344 e. The topological polar surface area (TPSA) is 143 Å². The summed E-state index contributed by atoms with van der Waals surface area (Å²) < 4.78 is 11.9. The Balaban J connectivity index is 1.76. The van der Waals surface area contributed by atoms with Crippen molar-refractivity contribution in [1.82, 2.24) is 9.55 Å². The van der Waals surface area contributed by atoms with Gasteiger partial charge < -0.3 is 19.4 Å². The number of aryl methyl sites for hydroxylation is 2. The molecule has 1 aromatic carbocycles. The van der Waals surface area contributed by atoms with Gasteiger partial charge in [-0.2, -0.15) is 0 Å². The molecular weight excluding hydrogens is 432 g/mol. The molecule has 0 saturated carbocycles. The Labute approximate surface area is 188 Å². The zero-order chi connectivity index (χ0) is 24.1. The highest BCUT2D eigenvalue weighted by atomic mass is 16.6. The summed E-state index contributed by atoms with van der Waals surface area (Å²) in [6, 6.07) is 7.22. The molecule has 0 atom stereocenters. The van der Waals surface area contributed by atoms with E-state index in [4.69, 9.17) is 9.47 Å². The number of anilines is 1. The molecule has 0 spiro atoms. The van der Waals surface area contributed by atoms with E-state index in [9.17, 15) is 24.5 Å². The van der Waals surface area contributed by atoms with E-state index < -0.39 is 28.8 Å². The van der Waals surface area contributed by atoms with Gasteiger partial charge in [0.25, 0.3) is 11.6 Å². The maximum absolute atomic E-state index is 12.7. The Morgan fingerprint density at radius 3 is 2.64 bits per heavy atom. The van der Waals surface area contributed by atoms with Gasteiger partial charge in [0, 0.05) is 18.4 Å². The van der Waals surface area contributed by atoms with Crippen LogP contribution >= 0.6 is 0 Å². The van der Waals surface area contributed by atoms with Crippen molar-refractivity contribution in [3.05, 3.63) is 68.1 Å². The standard InChI is InChI=1S/C22H22N4O7/c1-4-25-11-16(20(28)15-8-6-13(3)23-21(15)25)22(29)33-12-19(27)24-17-9-7-14(32-5-2)10-18(17)26(30)31/h6-11H,4-5,12H2,1-3H3,(H,24,27). The number of fused-ring (bicyclic) bond motifs is 1. The lowest BCUT2D eigenvalue weighted by molar-refractivity contribution is -0.384. The molecular formula is C22H22N4O7. The number of esters is 1. The van der Waals surface area contributed by atoms with E-state index in [1.165, 1.54) is 24.4 Å². The predicted octanol–water partition coefficient (Wildman–Crippen LogP) is 2.83. The third-order valence-electron chi connectivity index (χ3n) is 4.71. The van der Waals surface area contributed by atoms with Crippen molar-refractivity contribution in [3.63, 3.8) is 0 Å². The number of amides is 1. The van der Waals surface area contributed by atoms with Crippen molar-refractivity contribution in [1.29, 1.82) is 0 Å². The van der Waals surface area contributed by atoms with Gasteiger partial charge >= 0.3 is 5.97 Å². The van der Waals surface area contributed by atoms with Crippen LogP contribution in [0.5, 0.6) is 5.75 Å². The van der Waals surface area contributed by atoms with Crippen molar-refractivity contribution in [2.24, 2.45) is 0 Å². The molecule has 0 aliphatic heterocycles. The molecule has 2 heterocycles. The Hall–Kier alpha value is -4.28. The largest absolute Gasteiger partial charge is 0.494 e. The second-order valence-corrected chi connectivity index (χ2v) is 6.98. The van der Waals surface area contributed by atoms with Gasteiger partial charge in [0.2, 0.25) is 5.43 Å². The first kappa shape index (κ1) is 23.4. The van der Waals surface area contributed by atoms with Gasteiger partial charge in [-0.3, -0.25) is 19.7 Å². The summed E-state index contributed by atoms with van der Waals surface area (Å²) in [5.74, 6) is -1.51. The lowest BCUT2D eigenvalue weighted by atomic mass is 10.2. The maximum atomic E-state index is 12.7. The molecule has 2 aromatic heterocycles. The molecule has 11 heteroatoms. The molecule has 0 bridgehead atoms. The van der Waals surface area contributed by atoms with Crippen LogP contribution < -0.4 is 15.5 Å². The summed E-state index contributed by atoms with van der Waals surface area (Å²) in [5, 5.41) is 13.9. The van der Waals surface area contributed by atoms with E-state index in [1.807, 2.05) is 6.92 Å². The highest BCUT2D eigenvalue weighted by Crippen LogP contribution is 2.29. The number of benzene rings is 1. The first-order chi connectivity index (χ1) is 15.7. The molecule has 3 aromatic rings. The first-order valence-electron chi connectivity index (χ1n) is 10.1. The van der Waals surface area contributed by atoms with Crippen LogP contribution in [0.3, 0.4) is 0 Å². The van der Waals surface area contributed by atoms with Crippen LogP contribution in [0, 0.1) is 17.0 Å². The van der Waals surface area contributed by atoms with Crippen LogP contribution in [0.25, 0.3) is 11.0 Å². The van der Waals surface area contributed by atoms with Crippen LogP contribution in [0.15, 0.2) is 41.3 Å². The molecule has 172 valence electrons. The average molecular weight is 454 g/mol. The van der Waals surface area contributed by atoms with E-state index >= 15 is 0 Å². The minimum Gasteiger partial charge on any atom is -0.494 e. The normalized spacial score (nSPS) is 10.6. The van der Waals surface area contributed by atoms with Gasteiger partial charge in [-0.05, 0) is 45.0 Å². The molecule has 0 fully saturated rings. The van der Waals surface area contributed by atoms with Crippen molar-refractivity contribution >= 4 is 34.3 Å². The van der Waals surface area contributed by atoms with E-state index in [1.54, 1.807) is 30.5 Å². The number of aromatic nitrogens is 2. The molecule has 11 nitrogen and oxygen atoms in total. The van der Waals surface area contributed by atoms with Crippen LogP contribution in [0.2, 0.25) is 0 Å². The quantitative estimate of drug-likeness (QED) is 0.311. The fraction of sp³-hybridized carbons (Fsp3) is 0.273. The summed E-state index contributed by atoms with van der Waals surface area (Å²) in [6.07, 6.45) is 1.34. The van der Waals surface area contributed by atoms with Gasteiger partial charge in [0.15, 0.2) is 6.61 Å². The number of pyridine rings is 2. The second kappa shape index (κ2) is 9.90. The number of hydrogen-bond donors (Lipinski definition) is 1. The van der Waals surface area contributed by atoms with Gasteiger partial charge in [0.1, 0.15) is 22.6 Å². The van der Waals surface area contributed by atoms with Crippen LogP contribution in [-0.4, -0.2) is 39.6 Å². The SMILES string of the molecule is CCOc1ccc(NC(=O)COC(=O)c2cn(CC)c3nc(C)ccc3c2=O)c([N+](=O)[O-])c1. The van der Waals surface area contributed by atoms with Gasteiger partial charge in [-0.25, -0.2) is 9.78 Å². The number of hydrogen-bond acceptors (Lipinski definition) is 8. The van der Waals surface area contributed by atoms with Crippen molar-refractivity contribution in [2.75, 3.05) is 18.5 Å². The molecule has 3 rings (SSSR count). The summed E-state index contributed by atoms with van der Waals surface area (Å²) in [4.78, 5) is 52.5. The van der Waals surface area contributed by atoms with Gasteiger partial charge in [-0.1, -0.05) is 0 Å². The molecule has 0 unspecified atom stereocenters. The highest BCUT2D eigenvalue weighted by molar-refractivity contribution is 5.97. The molecule has 0 aliphatic rings. The van der Waals surface area contributed by atoms with E-state index in [2.05, 4.69) is 10.3 Å². The van der Waals surface area contributed by atoms with Gasteiger partial charge in [-0.15, -0.1) is 0 Å². The van der Waals surface area contributed by atoms with Crippen LogP contribution in [0.1, 0.15) is 29.9 Å². The van der Waals surface area contributed by atoms with E-state index in [0.717, 1.165) is 5.69 Å². The Morgan fingerprint density at radius 1 is 1.21 bits per heavy atom. The van der Waals surface area contributed by atoms with Gasteiger partial charge in [0.05, 0.1) is 23.0 Å². The fourth-order valence-electron chi connectivity index (χ4n) is 3.17. The smallest absolute Gasteiger partial charge is 0.344 e. The average Bonchev–Trinajstić information content (AvgIpc) is 2.78. The highest BCUT2D eigenvalue weighted by Gasteiger charge is 2.21. The molecule has 1 N–H and O–H groups in total. The molecule has 0 aliphatic carbocycles. The third-order valence-corrected chi connectivity index (χ3v) is 4.71. The summed E-state index contributed by atoms with van der Waals surface area (Å²) in [7, 11) is 0. The summed E-state index contributed by atoms with van der Waals surface area (Å²) >= 11 is 0. The minimum absolute atomic E-state index is 0.0787. The Bertz CT molecular complexity index is 1300. The van der Waals surface area contributed by atoms with Crippen molar-refractivity contribution < 1.29 is 24.0 Å². The van der Waals surface area contributed by atoms with E-state index in [-0.39, 0.29) is 28.1 Å². The van der Waals surface area contributed by atoms with Crippen LogP contribution in [0.4, 0.5) is 11.4 Å². The number of nitrogens with zero attached hydrogens (tertiary/aromatic N) is 3. The molecule has 0 radical (unpaired) electrons. The van der Waals surface area contributed by atoms with Crippen LogP contribution in [-0.2, 0) is 16.1 Å². The zero-order valence-electron chi connectivity index (χ0n) is 18.3. The zero-order valence-corrected chi connectivity index (χ0v) is 18.3. The predicted molar refractivity (Wildman–Crippen MR) is 120 cm³/mol. The first-order valence-corrected chi connectivity index (χ1v) is 10.1. The number of nitro groups is 1. The monoisotopic (exact) mass is 454 g/mol. The second-order valence-electron chi connectivity index (χ2n) is 6.98. The third kappa shape index (κ3) is 5.14. The summed E-state index contributed by atoms with van der Waals surface area (Å²) in [5.41, 5.74) is -0.0857. The minimum atomic E-state index is -0.985. The fourth-order valence-corrected chi connectivity index (χ4v) is 3.17.